The van der Waals surface area contributed by atoms with Gasteiger partial charge in [-0.15, -0.1) is 0 Å². The smallest absolute Gasteiger partial charge is 0.123 e. The molecule has 0 aliphatic rings. The zero-order chi connectivity index (χ0) is 13.5. The van der Waals surface area contributed by atoms with Gasteiger partial charge >= 0.3 is 0 Å². The first-order valence-corrected chi connectivity index (χ1v) is 6.62. The Morgan fingerprint density at radius 2 is 1.89 bits per heavy atom. The second-order valence-corrected chi connectivity index (χ2v) is 4.96. The maximum absolute atomic E-state index is 5.70. The van der Waals surface area contributed by atoms with Crippen molar-refractivity contribution in [2.24, 2.45) is 5.92 Å². The lowest BCUT2D eigenvalue weighted by Crippen LogP contribution is -2.25. The summed E-state index contributed by atoms with van der Waals surface area (Å²) in [5, 5.41) is 3.39. The van der Waals surface area contributed by atoms with E-state index < -0.39 is 0 Å². The Morgan fingerprint density at radius 3 is 2.53 bits per heavy atom. The molecule has 1 atom stereocenters. The van der Waals surface area contributed by atoms with Crippen LogP contribution in [0.2, 0.25) is 0 Å². The second-order valence-electron chi connectivity index (χ2n) is 4.96. The summed E-state index contributed by atoms with van der Waals surface area (Å²) < 4.78 is 16.5. The molecule has 0 saturated heterocycles. The van der Waals surface area contributed by atoms with Crippen molar-refractivity contribution in [3.05, 3.63) is 48.3 Å². The second kappa shape index (κ2) is 7.16. The van der Waals surface area contributed by atoms with Gasteiger partial charge in [-0.3, -0.25) is 5.32 Å². The van der Waals surface area contributed by atoms with Crippen molar-refractivity contribution < 1.29 is 13.6 Å². The summed E-state index contributed by atoms with van der Waals surface area (Å²) in [6.45, 7) is 6.27. The normalized spacial score (nSPS) is 13.0. The third kappa shape index (κ3) is 4.58. The number of rotatable bonds is 8. The molecule has 0 aliphatic carbocycles. The Bertz CT molecular complexity index is 434. The Labute approximate surface area is 113 Å². The highest BCUT2D eigenvalue weighted by molar-refractivity contribution is 5.05. The summed E-state index contributed by atoms with van der Waals surface area (Å²) in [7, 11) is 0. The van der Waals surface area contributed by atoms with E-state index in [-0.39, 0.29) is 6.04 Å². The fourth-order valence-corrected chi connectivity index (χ4v) is 1.79. The number of hydrogen-bond donors (Lipinski definition) is 1. The van der Waals surface area contributed by atoms with E-state index in [0.717, 1.165) is 18.1 Å². The van der Waals surface area contributed by atoms with Gasteiger partial charge in [0.25, 0.3) is 0 Å². The van der Waals surface area contributed by atoms with Crippen LogP contribution in [-0.2, 0) is 11.3 Å². The predicted octanol–water partition coefficient (Wildman–Crippen LogP) is 3.38. The maximum Gasteiger partial charge on any atom is 0.123 e. The molecule has 104 valence electrons. The van der Waals surface area contributed by atoms with Crippen LogP contribution in [0, 0.1) is 5.92 Å². The molecule has 0 amide bonds. The third-order valence-electron chi connectivity index (χ3n) is 2.73. The summed E-state index contributed by atoms with van der Waals surface area (Å²) in [6, 6.07) is 7.71. The van der Waals surface area contributed by atoms with Crippen LogP contribution >= 0.6 is 0 Å². The largest absolute Gasteiger partial charge is 0.468 e. The minimum atomic E-state index is 0.0406. The maximum atomic E-state index is 5.70. The monoisotopic (exact) mass is 263 g/mol. The lowest BCUT2D eigenvalue weighted by Gasteiger charge is -2.17. The molecule has 0 fully saturated rings. The van der Waals surface area contributed by atoms with Gasteiger partial charge < -0.3 is 13.6 Å². The van der Waals surface area contributed by atoms with Crippen LogP contribution < -0.4 is 5.32 Å². The Morgan fingerprint density at radius 1 is 1.11 bits per heavy atom. The van der Waals surface area contributed by atoms with Crippen molar-refractivity contribution >= 4 is 0 Å². The number of nitrogens with one attached hydrogen (secondary N) is 1. The summed E-state index contributed by atoms with van der Waals surface area (Å²) in [5.41, 5.74) is 0. The molecule has 4 heteroatoms. The fourth-order valence-electron chi connectivity index (χ4n) is 1.79. The lowest BCUT2D eigenvalue weighted by atomic mass is 10.2. The minimum absolute atomic E-state index is 0.0406. The molecule has 0 radical (unpaired) electrons. The van der Waals surface area contributed by atoms with Gasteiger partial charge in [-0.1, -0.05) is 13.8 Å². The van der Waals surface area contributed by atoms with E-state index in [2.05, 4.69) is 19.2 Å². The van der Waals surface area contributed by atoms with E-state index in [1.54, 1.807) is 12.5 Å². The van der Waals surface area contributed by atoms with Gasteiger partial charge in [-0.25, -0.2) is 0 Å². The van der Waals surface area contributed by atoms with E-state index in [1.165, 1.54) is 0 Å². The molecule has 1 unspecified atom stereocenters. The zero-order valence-corrected chi connectivity index (χ0v) is 11.5. The molecule has 2 aromatic heterocycles. The van der Waals surface area contributed by atoms with E-state index in [1.807, 2.05) is 24.3 Å². The molecule has 0 aromatic carbocycles. The third-order valence-corrected chi connectivity index (χ3v) is 2.73. The van der Waals surface area contributed by atoms with Crippen molar-refractivity contribution in [3.63, 3.8) is 0 Å². The molecule has 2 rings (SSSR count). The van der Waals surface area contributed by atoms with Gasteiger partial charge in [0, 0.05) is 6.61 Å². The zero-order valence-electron chi connectivity index (χ0n) is 11.5. The summed E-state index contributed by atoms with van der Waals surface area (Å²) in [6.07, 6.45) is 3.35. The van der Waals surface area contributed by atoms with Crippen LogP contribution in [0.4, 0.5) is 0 Å². The van der Waals surface area contributed by atoms with Gasteiger partial charge in [0.2, 0.25) is 0 Å². The van der Waals surface area contributed by atoms with Crippen molar-refractivity contribution in [1.29, 1.82) is 0 Å². The van der Waals surface area contributed by atoms with Gasteiger partial charge in [-0.2, -0.15) is 0 Å². The van der Waals surface area contributed by atoms with Gasteiger partial charge in [0.15, 0.2) is 0 Å². The first-order valence-electron chi connectivity index (χ1n) is 6.62. The van der Waals surface area contributed by atoms with Gasteiger partial charge in [0.1, 0.15) is 11.5 Å². The quantitative estimate of drug-likeness (QED) is 0.793. The predicted molar refractivity (Wildman–Crippen MR) is 72.7 cm³/mol. The molecular formula is C15H21NO3. The summed E-state index contributed by atoms with van der Waals surface area (Å²) >= 11 is 0. The number of hydrogen-bond acceptors (Lipinski definition) is 4. The highest BCUT2D eigenvalue weighted by atomic mass is 16.5. The highest BCUT2D eigenvalue weighted by Gasteiger charge is 2.15. The summed E-state index contributed by atoms with van der Waals surface area (Å²) in [4.78, 5) is 0. The molecule has 19 heavy (non-hydrogen) atoms. The van der Waals surface area contributed by atoms with Crippen LogP contribution in [0.3, 0.4) is 0 Å². The van der Waals surface area contributed by atoms with E-state index in [9.17, 15) is 0 Å². The lowest BCUT2D eigenvalue weighted by molar-refractivity contribution is 0.0839. The number of ether oxygens (including phenoxy) is 1. The SMILES string of the molecule is CC(C)COCC(NCc1ccco1)c1ccco1. The van der Waals surface area contributed by atoms with E-state index >= 15 is 0 Å². The van der Waals surface area contributed by atoms with E-state index in [4.69, 9.17) is 13.6 Å². The Balaban J connectivity index is 1.87. The Kier molecular flexibility index (Phi) is 5.24. The summed E-state index contributed by atoms with van der Waals surface area (Å²) in [5.74, 6) is 2.32. The van der Waals surface area contributed by atoms with Gasteiger partial charge in [-0.05, 0) is 30.2 Å². The standard InChI is InChI=1S/C15H21NO3/c1-12(2)10-17-11-14(15-6-4-8-19-15)16-9-13-5-3-7-18-13/h3-8,12,14,16H,9-11H2,1-2H3. The molecule has 4 nitrogen and oxygen atoms in total. The van der Waals surface area contributed by atoms with Crippen molar-refractivity contribution in [3.8, 4) is 0 Å². The average Bonchev–Trinajstić information content (AvgIpc) is 3.05. The highest BCUT2D eigenvalue weighted by Crippen LogP contribution is 2.15. The van der Waals surface area contributed by atoms with Crippen LogP contribution in [0.1, 0.15) is 31.4 Å². The molecule has 1 N–H and O–H groups in total. The molecule has 2 aromatic rings. The first-order chi connectivity index (χ1) is 9.25. The van der Waals surface area contributed by atoms with Crippen molar-refractivity contribution in [1.82, 2.24) is 5.32 Å². The topological polar surface area (TPSA) is 47.5 Å². The molecule has 0 bridgehead atoms. The molecule has 2 heterocycles. The Hall–Kier alpha value is -1.52. The molecule has 0 spiro atoms. The average molecular weight is 263 g/mol. The molecule has 0 saturated carbocycles. The van der Waals surface area contributed by atoms with Crippen LogP contribution in [0.5, 0.6) is 0 Å². The van der Waals surface area contributed by atoms with Crippen LogP contribution in [-0.4, -0.2) is 13.2 Å². The first kappa shape index (κ1) is 13.9. The van der Waals surface area contributed by atoms with E-state index in [0.29, 0.717) is 19.1 Å². The molecular weight excluding hydrogens is 242 g/mol. The molecule has 0 aliphatic heterocycles. The van der Waals surface area contributed by atoms with Crippen LogP contribution in [0.15, 0.2) is 45.6 Å². The van der Waals surface area contributed by atoms with Crippen molar-refractivity contribution in [2.75, 3.05) is 13.2 Å². The minimum Gasteiger partial charge on any atom is -0.468 e. The fraction of sp³-hybridized carbons (Fsp3) is 0.467. The number of furan rings is 2. The van der Waals surface area contributed by atoms with Crippen LogP contribution in [0.25, 0.3) is 0 Å². The van der Waals surface area contributed by atoms with Crippen molar-refractivity contribution in [2.45, 2.75) is 26.4 Å². The van der Waals surface area contributed by atoms with Gasteiger partial charge in [0.05, 0.1) is 31.7 Å².